The SMILES string of the molecule is NC(=O)c1cc(Cl)cc(S(=O)(=O)N2CCC(C(=O)O)CC2)c1. The Morgan fingerprint density at radius 1 is 1.23 bits per heavy atom. The second-order valence-electron chi connectivity index (χ2n) is 5.06. The number of benzene rings is 1. The Morgan fingerprint density at radius 3 is 2.32 bits per heavy atom. The van der Waals surface area contributed by atoms with Gasteiger partial charge in [0.1, 0.15) is 0 Å². The molecule has 1 fully saturated rings. The predicted molar refractivity (Wildman–Crippen MR) is 79.1 cm³/mol. The first kappa shape index (κ1) is 16.7. The number of hydrogen-bond acceptors (Lipinski definition) is 4. The molecule has 7 nitrogen and oxygen atoms in total. The number of carboxylic acids is 1. The molecular formula is C13H15ClN2O5S. The quantitative estimate of drug-likeness (QED) is 0.840. The van der Waals surface area contributed by atoms with Crippen LogP contribution in [0.1, 0.15) is 23.2 Å². The zero-order valence-corrected chi connectivity index (χ0v) is 13.1. The first-order chi connectivity index (χ1) is 10.2. The maximum Gasteiger partial charge on any atom is 0.306 e. The van der Waals surface area contributed by atoms with Crippen LogP contribution in [0.4, 0.5) is 0 Å². The van der Waals surface area contributed by atoms with Crippen LogP contribution >= 0.6 is 11.6 Å². The summed E-state index contributed by atoms with van der Waals surface area (Å²) in [6.45, 7) is 0.218. The van der Waals surface area contributed by atoms with Gasteiger partial charge in [0.25, 0.3) is 0 Å². The molecule has 0 atom stereocenters. The predicted octanol–water partition coefficient (Wildman–Crippen LogP) is 0.924. The van der Waals surface area contributed by atoms with Gasteiger partial charge in [-0.15, -0.1) is 0 Å². The van der Waals surface area contributed by atoms with Gasteiger partial charge in [0, 0.05) is 23.7 Å². The Balaban J connectivity index is 2.28. The fraction of sp³-hybridized carbons (Fsp3) is 0.385. The number of hydrogen-bond donors (Lipinski definition) is 2. The van der Waals surface area contributed by atoms with Crippen LogP contribution in [0.25, 0.3) is 0 Å². The Hall–Kier alpha value is -1.64. The minimum atomic E-state index is -3.84. The number of primary amides is 1. The number of halogens is 1. The molecule has 2 rings (SSSR count). The van der Waals surface area contributed by atoms with Crippen LogP contribution in [-0.4, -0.2) is 42.8 Å². The third kappa shape index (κ3) is 3.40. The number of rotatable bonds is 4. The van der Waals surface area contributed by atoms with Crippen LogP contribution in [0.3, 0.4) is 0 Å². The molecule has 1 amide bonds. The molecule has 0 aliphatic carbocycles. The highest BCUT2D eigenvalue weighted by Crippen LogP contribution is 2.26. The van der Waals surface area contributed by atoms with E-state index in [0.29, 0.717) is 0 Å². The lowest BCUT2D eigenvalue weighted by Crippen LogP contribution is -2.40. The van der Waals surface area contributed by atoms with E-state index < -0.39 is 27.8 Å². The van der Waals surface area contributed by atoms with E-state index in [1.54, 1.807) is 0 Å². The molecule has 0 spiro atoms. The highest BCUT2D eigenvalue weighted by Gasteiger charge is 2.32. The summed E-state index contributed by atoms with van der Waals surface area (Å²) in [6, 6.07) is 3.71. The maximum absolute atomic E-state index is 12.6. The summed E-state index contributed by atoms with van der Waals surface area (Å²) in [6.07, 6.45) is 0.496. The van der Waals surface area contributed by atoms with Crippen molar-refractivity contribution in [3.05, 3.63) is 28.8 Å². The number of carboxylic acid groups (broad SMARTS) is 1. The van der Waals surface area contributed by atoms with Crippen molar-refractivity contribution in [3.8, 4) is 0 Å². The summed E-state index contributed by atoms with van der Waals surface area (Å²) in [5.74, 6) is -2.23. The number of aliphatic carboxylic acids is 1. The van der Waals surface area contributed by atoms with Gasteiger partial charge in [-0.1, -0.05) is 11.6 Å². The number of sulfonamides is 1. The Bertz CT molecular complexity index is 711. The summed E-state index contributed by atoms with van der Waals surface area (Å²) < 4.78 is 26.3. The van der Waals surface area contributed by atoms with Crippen molar-refractivity contribution in [2.75, 3.05) is 13.1 Å². The number of amides is 1. The van der Waals surface area contributed by atoms with Crippen molar-refractivity contribution in [1.29, 1.82) is 0 Å². The largest absolute Gasteiger partial charge is 0.481 e. The van der Waals surface area contributed by atoms with Gasteiger partial charge in [0.05, 0.1) is 10.8 Å². The molecule has 0 bridgehead atoms. The number of carbonyl (C=O) groups is 2. The molecule has 1 aliphatic heterocycles. The molecule has 0 radical (unpaired) electrons. The lowest BCUT2D eigenvalue weighted by Gasteiger charge is -2.29. The zero-order chi connectivity index (χ0) is 16.5. The second kappa shape index (κ2) is 6.23. The molecule has 1 aliphatic rings. The molecule has 0 saturated carbocycles. The van der Waals surface area contributed by atoms with E-state index in [0.717, 1.165) is 0 Å². The Kier molecular flexibility index (Phi) is 4.74. The van der Waals surface area contributed by atoms with Gasteiger partial charge >= 0.3 is 5.97 Å². The van der Waals surface area contributed by atoms with Crippen LogP contribution < -0.4 is 5.73 Å². The smallest absolute Gasteiger partial charge is 0.306 e. The summed E-state index contributed by atoms with van der Waals surface area (Å²) in [7, 11) is -3.84. The first-order valence-corrected chi connectivity index (χ1v) is 8.37. The van der Waals surface area contributed by atoms with Gasteiger partial charge in [0.2, 0.25) is 15.9 Å². The van der Waals surface area contributed by atoms with Gasteiger partial charge in [-0.2, -0.15) is 4.31 Å². The molecule has 9 heteroatoms. The second-order valence-corrected chi connectivity index (χ2v) is 7.43. The Morgan fingerprint density at radius 2 is 1.82 bits per heavy atom. The van der Waals surface area contributed by atoms with Gasteiger partial charge < -0.3 is 10.8 Å². The topological polar surface area (TPSA) is 118 Å². The van der Waals surface area contributed by atoms with Crippen LogP contribution in [0.5, 0.6) is 0 Å². The highest BCUT2D eigenvalue weighted by molar-refractivity contribution is 7.89. The van der Waals surface area contributed by atoms with Gasteiger partial charge in [-0.05, 0) is 31.0 Å². The van der Waals surface area contributed by atoms with E-state index in [4.69, 9.17) is 22.4 Å². The van der Waals surface area contributed by atoms with E-state index in [2.05, 4.69) is 0 Å². The lowest BCUT2D eigenvalue weighted by molar-refractivity contribution is -0.142. The van der Waals surface area contributed by atoms with Crippen LogP contribution in [0, 0.1) is 5.92 Å². The summed E-state index contributed by atoms with van der Waals surface area (Å²) in [5, 5.41) is 9.03. The third-order valence-corrected chi connectivity index (χ3v) is 5.69. The van der Waals surface area contributed by atoms with E-state index in [1.165, 1.54) is 22.5 Å². The van der Waals surface area contributed by atoms with Crippen molar-refractivity contribution in [2.45, 2.75) is 17.7 Å². The van der Waals surface area contributed by atoms with Crippen LogP contribution in [0.2, 0.25) is 5.02 Å². The van der Waals surface area contributed by atoms with E-state index in [1.807, 2.05) is 0 Å². The monoisotopic (exact) mass is 346 g/mol. The van der Waals surface area contributed by atoms with Crippen molar-refractivity contribution in [3.63, 3.8) is 0 Å². The fourth-order valence-electron chi connectivity index (χ4n) is 2.35. The molecule has 0 unspecified atom stereocenters. The molecule has 1 saturated heterocycles. The third-order valence-electron chi connectivity index (χ3n) is 3.60. The van der Waals surface area contributed by atoms with Crippen molar-refractivity contribution < 1.29 is 23.1 Å². The maximum atomic E-state index is 12.6. The van der Waals surface area contributed by atoms with Crippen LogP contribution in [0.15, 0.2) is 23.1 Å². The molecule has 22 heavy (non-hydrogen) atoms. The van der Waals surface area contributed by atoms with E-state index >= 15 is 0 Å². The molecule has 120 valence electrons. The number of piperidine rings is 1. The lowest BCUT2D eigenvalue weighted by atomic mass is 9.99. The molecule has 1 heterocycles. The molecule has 3 N–H and O–H groups in total. The zero-order valence-electron chi connectivity index (χ0n) is 11.5. The summed E-state index contributed by atoms with van der Waals surface area (Å²) in [5.41, 5.74) is 5.16. The number of carbonyl (C=O) groups excluding carboxylic acids is 1. The molecule has 1 aromatic carbocycles. The van der Waals surface area contributed by atoms with Gasteiger partial charge in [-0.25, -0.2) is 8.42 Å². The molecule has 0 aromatic heterocycles. The Labute approximate surface area is 132 Å². The normalized spacial score (nSPS) is 17.3. The fourth-order valence-corrected chi connectivity index (χ4v) is 4.19. The number of nitrogens with two attached hydrogens (primary N) is 1. The average Bonchev–Trinajstić information content (AvgIpc) is 2.46. The van der Waals surface area contributed by atoms with Crippen molar-refractivity contribution in [2.24, 2.45) is 11.7 Å². The minimum Gasteiger partial charge on any atom is -0.481 e. The highest BCUT2D eigenvalue weighted by atomic mass is 35.5. The van der Waals surface area contributed by atoms with Gasteiger partial charge in [0.15, 0.2) is 0 Å². The number of nitrogens with zero attached hydrogens (tertiary/aromatic N) is 1. The van der Waals surface area contributed by atoms with E-state index in [9.17, 15) is 18.0 Å². The summed E-state index contributed by atoms with van der Waals surface area (Å²) in [4.78, 5) is 22.0. The average molecular weight is 347 g/mol. The van der Waals surface area contributed by atoms with E-state index in [-0.39, 0.29) is 41.4 Å². The standard InChI is InChI=1S/C13H15ClN2O5S/c14-10-5-9(12(15)17)6-11(7-10)22(20,21)16-3-1-8(2-4-16)13(18)19/h5-8H,1-4H2,(H2,15,17)(H,18,19). The minimum absolute atomic E-state index is 0.00602. The van der Waals surface area contributed by atoms with Gasteiger partial charge in [-0.3, -0.25) is 9.59 Å². The van der Waals surface area contributed by atoms with Crippen molar-refractivity contribution in [1.82, 2.24) is 4.31 Å². The van der Waals surface area contributed by atoms with Crippen LogP contribution in [-0.2, 0) is 14.8 Å². The molecule has 1 aromatic rings. The molecular weight excluding hydrogens is 332 g/mol. The first-order valence-electron chi connectivity index (χ1n) is 6.55. The summed E-state index contributed by atoms with van der Waals surface area (Å²) >= 11 is 5.84. The van der Waals surface area contributed by atoms with Crippen molar-refractivity contribution >= 4 is 33.5 Å².